The molecule has 5 heavy (non-hydrogen) atoms. The minimum Gasteiger partial charge on any atom is -0.510 e. The first-order valence-corrected chi connectivity index (χ1v) is 1.06. The molecule has 0 aromatic heterocycles. The molecule has 0 atom stereocenters. The van der Waals surface area contributed by atoms with Gasteiger partial charge in [0.05, 0.1) is 0 Å². The molecule has 0 spiro atoms. The smallest absolute Gasteiger partial charge is 0.217 e. The average Bonchev–Trinajstić information content (AvgIpc) is 1.38. The van der Waals surface area contributed by atoms with E-state index in [4.69, 9.17) is 10.2 Å². The second kappa shape index (κ2) is 1.46. The van der Waals surface area contributed by atoms with Crippen molar-refractivity contribution in [3.63, 3.8) is 0 Å². The lowest BCUT2D eigenvalue weighted by atomic mass is 10.9. The SMILES string of the molecule is N/C(O)=C\O. The highest BCUT2D eigenvalue weighted by atomic mass is 16.3. The van der Waals surface area contributed by atoms with Gasteiger partial charge >= 0.3 is 0 Å². The third-order valence-electron chi connectivity index (χ3n) is 0.132. The molecule has 0 bridgehead atoms. The third-order valence-corrected chi connectivity index (χ3v) is 0.132. The Hall–Kier alpha value is -0.860. The van der Waals surface area contributed by atoms with Gasteiger partial charge < -0.3 is 15.9 Å². The number of aliphatic hydroxyl groups is 2. The van der Waals surface area contributed by atoms with Crippen LogP contribution in [-0.4, -0.2) is 10.2 Å². The van der Waals surface area contributed by atoms with Gasteiger partial charge in [0.1, 0.15) is 6.26 Å². The van der Waals surface area contributed by atoms with Gasteiger partial charge in [-0.2, -0.15) is 0 Å². The van der Waals surface area contributed by atoms with Crippen molar-refractivity contribution in [3.8, 4) is 0 Å². The Kier molecular flexibility index (Phi) is 1.21. The highest BCUT2D eigenvalue weighted by Crippen LogP contribution is 1.61. The normalized spacial score (nSPS) is 11.6. The molecule has 0 aliphatic rings. The molecule has 0 rings (SSSR count). The molecule has 30 valence electrons. The summed E-state index contributed by atoms with van der Waals surface area (Å²) in [6.45, 7) is 0. The molecule has 0 fully saturated rings. The first kappa shape index (κ1) is 4.14. The van der Waals surface area contributed by atoms with Gasteiger partial charge in [-0.25, -0.2) is 0 Å². The quantitative estimate of drug-likeness (QED) is 0.351. The third kappa shape index (κ3) is 3.14. The summed E-state index contributed by atoms with van der Waals surface area (Å²) in [6.07, 6.45) is 0.417. The van der Waals surface area contributed by atoms with Gasteiger partial charge in [-0.1, -0.05) is 0 Å². The van der Waals surface area contributed by atoms with E-state index in [1.54, 1.807) is 0 Å². The van der Waals surface area contributed by atoms with Crippen LogP contribution in [0.4, 0.5) is 0 Å². The first-order valence-electron chi connectivity index (χ1n) is 1.06. The summed E-state index contributed by atoms with van der Waals surface area (Å²) in [5.41, 5.74) is 4.46. The lowest BCUT2D eigenvalue weighted by molar-refractivity contribution is 0.357. The van der Waals surface area contributed by atoms with Crippen LogP contribution < -0.4 is 5.73 Å². The Labute approximate surface area is 29.3 Å². The lowest BCUT2D eigenvalue weighted by Gasteiger charge is -1.75. The van der Waals surface area contributed by atoms with Gasteiger partial charge in [-0.05, 0) is 0 Å². The van der Waals surface area contributed by atoms with E-state index in [0.717, 1.165) is 0 Å². The van der Waals surface area contributed by atoms with E-state index in [1.165, 1.54) is 0 Å². The van der Waals surface area contributed by atoms with Gasteiger partial charge in [-0.3, -0.25) is 0 Å². The second-order valence-corrected chi connectivity index (χ2v) is 0.554. The number of hydrogen-bond donors (Lipinski definition) is 3. The maximum atomic E-state index is 7.75. The predicted octanol–water partition coefficient (Wildman–Crippen LogP) is -0.140. The molecule has 0 saturated carbocycles. The fraction of sp³-hybridized carbons (Fsp3) is 0. The highest BCUT2D eigenvalue weighted by Gasteiger charge is 1.65. The molecule has 0 aromatic carbocycles. The van der Waals surface area contributed by atoms with Crippen molar-refractivity contribution in [2.24, 2.45) is 5.73 Å². The Balaban J connectivity index is 3.14. The standard InChI is InChI=1S/C2H5NO2/c3-2(5)1-4/h1,4-5H,3H2/b2-1+. The van der Waals surface area contributed by atoms with Gasteiger partial charge in [-0.15, -0.1) is 0 Å². The Morgan fingerprint density at radius 2 is 2.00 bits per heavy atom. The molecule has 0 radical (unpaired) electrons. The molecule has 0 saturated heterocycles. The largest absolute Gasteiger partial charge is 0.510 e. The molecule has 0 amide bonds. The number of aliphatic hydroxyl groups excluding tert-OH is 2. The maximum absolute atomic E-state index is 7.75. The fourth-order valence-electron chi connectivity index (χ4n) is 0. The molecule has 0 aliphatic carbocycles. The molecule has 0 aromatic rings. The Bertz CT molecular complexity index is 45.6. The van der Waals surface area contributed by atoms with E-state index in [-0.39, 0.29) is 0 Å². The molecular formula is C2H5NO2. The first-order chi connectivity index (χ1) is 2.27. The summed E-state index contributed by atoms with van der Waals surface area (Å²) in [6, 6.07) is 0. The van der Waals surface area contributed by atoms with Crippen LogP contribution in [0.2, 0.25) is 0 Å². The molecule has 3 heteroatoms. The maximum Gasteiger partial charge on any atom is 0.217 e. The number of hydrogen-bond acceptors (Lipinski definition) is 3. The van der Waals surface area contributed by atoms with E-state index < -0.39 is 5.88 Å². The summed E-state index contributed by atoms with van der Waals surface area (Å²) in [5, 5.41) is 15.4. The molecule has 4 N–H and O–H groups in total. The Morgan fingerprint density at radius 1 is 1.80 bits per heavy atom. The van der Waals surface area contributed by atoms with Crippen LogP contribution in [-0.2, 0) is 0 Å². The van der Waals surface area contributed by atoms with Crippen LogP contribution in [0.15, 0.2) is 12.1 Å². The molecule has 0 heterocycles. The van der Waals surface area contributed by atoms with Crippen molar-refractivity contribution >= 4 is 0 Å². The molecule has 3 nitrogen and oxygen atoms in total. The van der Waals surface area contributed by atoms with E-state index in [0.29, 0.717) is 6.26 Å². The highest BCUT2D eigenvalue weighted by molar-refractivity contribution is 4.71. The zero-order chi connectivity index (χ0) is 4.28. The topological polar surface area (TPSA) is 66.5 Å². The van der Waals surface area contributed by atoms with Crippen molar-refractivity contribution < 1.29 is 10.2 Å². The predicted molar refractivity (Wildman–Crippen MR) is 17.5 cm³/mol. The van der Waals surface area contributed by atoms with Gasteiger partial charge in [0.15, 0.2) is 0 Å². The number of rotatable bonds is 0. The van der Waals surface area contributed by atoms with E-state index in [1.807, 2.05) is 0 Å². The van der Waals surface area contributed by atoms with E-state index >= 15 is 0 Å². The monoisotopic (exact) mass is 75.0 g/mol. The Morgan fingerprint density at radius 3 is 2.00 bits per heavy atom. The summed E-state index contributed by atoms with van der Waals surface area (Å²) in [5.74, 6) is -0.565. The van der Waals surface area contributed by atoms with Crippen molar-refractivity contribution in [3.05, 3.63) is 12.1 Å². The summed E-state index contributed by atoms with van der Waals surface area (Å²) < 4.78 is 0. The molecule has 0 unspecified atom stereocenters. The van der Waals surface area contributed by atoms with Crippen LogP contribution in [0, 0.1) is 0 Å². The summed E-state index contributed by atoms with van der Waals surface area (Å²) >= 11 is 0. The van der Waals surface area contributed by atoms with Gasteiger partial charge in [0.2, 0.25) is 5.88 Å². The van der Waals surface area contributed by atoms with Crippen LogP contribution >= 0.6 is 0 Å². The van der Waals surface area contributed by atoms with Crippen LogP contribution in [0.3, 0.4) is 0 Å². The minimum atomic E-state index is -0.565. The van der Waals surface area contributed by atoms with Crippen LogP contribution in [0.25, 0.3) is 0 Å². The van der Waals surface area contributed by atoms with Crippen LogP contribution in [0.1, 0.15) is 0 Å². The zero-order valence-corrected chi connectivity index (χ0v) is 2.55. The average molecular weight is 75.1 g/mol. The van der Waals surface area contributed by atoms with Crippen molar-refractivity contribution in [2.75, 3.05) is 0 Å². The van der Waals surface area contributed by atoms with E-state index in [9.17, 15) is 0 Å². The van der Waals surface area contributed by atoms with Crippen molar-refractivity contribution in [2.45, 2.75) is 0 Å². The van der Waals surface area contributed by atoms with Gasteiger partial charge in [0.25, 0.3) is 0 Å². The second-order valence-electron chi connectivity index (χ2n) is 0.554. The van der Waals surface area contributed by atoms with Crippen molar-refractivity contribution in [1.82, 2.24) is 0 Å². The molecular weight excluding hydrogens is 70.0 g/mol. The fourth-order valence-corrected chi connectivity index (χ4v) is 0. The summed E-state index contributed by atoms with van der Waals surface area (Å²) in [7, 11) is 0. The van der Waals surface area contributed by atoms with Crippen molar-refractivity contribution in [1.29, 1.82) is 0 Å². The van der Waals surface area contributed by atoms with Gasteiger partial charge in [0, 0.05) is 0 Å². The number of nitrogens with two attached hydrogens (primary N) is 1. The van der Waals surface area contributed by atoms with Crippen LogP contribution in [0.5, 0.6) is 0 Å². The zero-order valence-electron chi connectivity index (χ0n) is 2.55. The van der Waals surface area contributed by atoms with E-state index in [2.05, 4.69) is 5.73 Å². The summed E-state index contributed by atoms with van der Waals surface area (Å²) in [4.78, 5) is 0. The molecule has 0 aliphatic heterocycles. The lowest BCUT2D eigenvalue weighted by Crippen LogP contribution is -1.92. The minimum absolute atomic E-state index is 0.417.